The predicted octanol–water partition coefficient (Wildman–Crippen LogP) is 6.30. The fourth-order valence-corrected chi connectivity index (χ4v) is 3.54. The van der Waals surface area contributed by atoms with Crippen molar-refractivity contribution in [2.75, 3.05) is 5.32 Å². The molecule has 0 bridgehead atoms. The number of aromatic nitrogens is 2. The quantitative estimate of drug-likeness (QED) is 0.313. The molecule has 0 atom stereocenters. The van der Waals surface area contributed by atoms with Crippen LogP contribution in [-0.4, -0.2) is 26.8 Å². The molecule has 2 N–H and O–H groups in total. The molecule has 0 aliphatic rings. The zero-order chi connectivity index (χ0) is 25.3. The summed E-state index contributed by atoms with van der Waals surface area (Å²) in [5.41, 5.74) is -0.987. The van der Waals surface area contributed by atoms with Crippen LogP contribution in [0.3, 0.4) is 0 Å². The van der Waals surface area contributed by atoms with E-state index in [1.165, 1.54) is 36.4 Å². The minimum absolute atomic E-state index is 0.0641. The van der Waals surface area contributed by atoms with E-state index in [1.807, 2.05) is 0 Å². The summed E-state index contributed by atoms with van der Waals surface area (Å²) in [5, 5.41) is 15.4. The molecule has 4 aromatic rings. The highest BCUT2D eigenvalue weighted by atomic mass is 35.5. The Kier molecular flexibility index (Phi) is 6.31. The van der Waals surface area contributed by atoms with Crippen LogP contribution in [0.2, 0.25) is 5.02 Å². The summed E-state index contributed by atoms with van der Waals surface area (Å²) in [6.07, 6.45) is -4.70. The van der Waals surface area contributed by atoms with Crippen LogP contribution in [0.15, 0.2) is 72.8 Å². The number of carboxylic acid groups (broad SMARTS) is 1. The number of hydrogen-bond donors (Lipinski definition) is 2. The highest BCUT2D eigenvalue weighted by molar-refractivity contribution is 6.32. The van der Waals surface area contributed by atoms with Gasteiger partial charge < -0.3 is 10.4 Å². The third kappa shape index (κ3) is 5.02. The number of carbonyl (C=O) groups is 2. The van der Waals surface area contributed by atoms with Gasteiger partial charge in [0.25, 0.3) is 5.91 Å². The normalized spacial score (nSPS) is 11.3. The van der Waals surface area contributed by atoms with Gasteiger partial charge in [0, 0.05) is 11.1 Å². The van der Waals surface area contributed by atoms with Crippen LogP contribution in [0.5, 0.6) is 0 Å². The molecule has 178 valence electrons. The summed E-state index contributed by atoms with van der Waals surface area (Å²) in [7, 11) is 0. The molecule has 1 amide bonds. The first-order chi connectivity index (χ1) is 16.5. The first kappa shape index (κ1) is 24.0. The highest BCUT2D eigenvalue weighted by Gasteiger charge is 2.35. The number of aromatic carboxylic acids is 1. The summed E-state index contributed by atoms with van der Waals surface area (Å²) < 4.78 is 54.7. The fourth-order valence-electron chi connectivity index (χ4n) is 3.33. The fraction of sp³-hybridized carbons (Fsp3) is 0.0417. The van der Waals surface area contributed by atoms with Gasteiger partial charge in [-0.3, -0.25) is 4.79 Å². The molecule has 0 saturated heterocycles. The van der Waals surface area contributed by atoms with Gasteiger partial charge in [0.15, 0.2) is 5.69 Å². The van der Waals surface area contributed by atoms with Gasteiger partial charge in [-0.05, 0) is 48.5 Å². The molecule has 0 radical (unpaired) electrons. The van der Waals surface area contributed by atoms with Gasteiger partial charge in [-0.15, -0.1) is 0 Å². The van der Waals surface area contributed by atoms with Crippen LogP contribution in [0, 0.1) is 5.82 Å². The highest BCUT2D eigenvalue weighted by Crippen LogP contribution is 2.34. The zero-order valence-corrected chi connectivity index (χ0v) is 18.2. The Morgan fingerprint density at radius 1 is 0.971 bits per heavy atom. The second-order valence-electron chi connectivity index (χ2n) is 7.30. The first-order valence-corrected chi connectivity index (χ1v) is 10.3. The van der Waals surface area contributed by atoms with Crippen LogP contribution < -0.4 is 5.32 Å². The summed E-state index contributed by atoms with van der Waals surface area (Å²) in [6, 6.07) is 15.4. The number of para-hydroxylation sites is 1. The van der Waals surface area contributed by atoms with Gasteiger partial charge in [0.05, 0.1) is 27.7 Å². The van der Waals surface area contributed by atoms with E-state index >= 15 is 0 Å². The number of benzene rings is 3. The number of carboxylic acids is 1. The summed E-state index contributed by atoms with van der Waals surface area (Å²) in [6.45, 7) is 0. The van der Waals surface area contributed by atoms with E-state index < -0.39 is 29.6 Å². The number of carbonyl (C=O) groups excluding carboxylic acids is 1. The molecule has 0 aliphatic heterocycles. The van der Waals surface area contributed by atoms with Gasteiger partial charge in [-0.1, -0.05) is 35.9 Å². The van der Waals surface area contributed by atoms with Gasteiger partial charge in [-0.2, -0.15) is 18.3 Å². The van der Waals surface area contributed by atoms with Crippen molar-refractivity contribution in [3.05, 3.63) is 100 Å². The third-order valence-electron chi connectivity index (χ3n) is 4.98. The average Bonchev–Trinajstić information content (AvgIpc) is 3.25. The van der Waals surface area contributed by atoms with E-state index in [9.17, 15) is 32.3 Å². The molecular formula is C24H14ClF4N3O3. The van der Waals surface area contributed by atoms with Crippen LogP contribution in [0.1, 0.15) is 26.4 Å². The largest absolute Gasteiger partial charge is 0.478 e. The number of anilines is 1. The van der Waals surface area contributed by atoms with Gasteiger partial charge in [-0.25, -0.2) is 13.9 Å². The SMILES string of the molecule is O=C(Nc1cc(F)ccc1C(=O)O)c1ccc(-c2cc(C(F)(F)F)nn2-c2ccccc2Cl)cc1. The molecule has 3 aromatic carbocycles. The number of alkyl halides is 3. The van der Waals surface area contributed by atoms with E-state index in [1.54, 1.807) is 12.1 Å². The Balaban J connectivity index is 1.69. The molecular weight excluding hydrogens is 490 g/mol. The lowest BCUT2D eigenvalue weighted by molar-refractivity contribution is -0.141. The molecule has 35 heavy (non-hydrogen) atoms. The minimum atomic E-state index is -4.70. The molecule has 1 heterocycles. The number of rotatable bonds is 5. The van der Waals surface area contributed by atoms with Crippen molar-refractivity contribution in [2.24, 2.45) is 0 Å². The van der Waals surface area contributed by atoms with E-state index in [4.69, 9.17) is 11.6 Å². The average molecular weight is 504 g/mol. The number of halogens is 5. The Morgan fingerprint density at radius 2 is 1.66 bits per heavy atom. The Bertz CT molecular complexity index is 1430. The van der Waals surface area contributed by atoms with Crippen molar-refractivity contribution in [1.82, 2.24) is 9.78 Å². The lowest BCUT2D eigenvalue weighted by Crippen LogP contribution is -2.15. The summed E-state index contributed by atoms with van der Waals surface area (Å²) in [5.74, 6) is -2.84. The van der Waals surface area contributed by atoms with Gasteiger partial charge in [0.2, 0.25) is 0 Å². The monoisotopic (exact) mass is 503 g/mol. The Morgan fingerprint density at radius 3 is 2.29 bits per heavy atom. The molecule has 1 aromatic heterocycles. The summed E-state index contributed by atoms with van der Waals surface area (Å²) >= 11 is 6.17. The standard InChI is InChI=1S/C24H14ClF4N3O3/c25-17-3-1-2-4-19(17)32-20(12-21(31-32)24(27,28)29)13-5-7-14(8-6-13)22(33)30-18-11-15(26)9-10-16(18)23(34)35/h1-12H,(H,30,33)(H,34,35). The second kappa shape index (κ2) is 9.22. The summed E-state index contributed by atoms with van der Waals surface area (Å²) in [4.78, 5) is 23.9. The van der Waals surface area contributed by atoms with Gasteiger partial charge in [0.1, 0.15) is 5.82 Å². The van der Waals surface area contributed by atoms with Crippen molar-refractivity contribution in [2.45, 2.75) is 6.18 Å². The zero-order valence-electron chi connectivity index (χ0n) is 17.5. The molecule has 11 heteroatoms. The van der Waals surface area contributed by atoms with Crippen LogP contribution in [-0.2, 0) is 6.18 Å². The van der Waals surface area contributed by atoms with Crippen LogP contribution >= 0.6 is 11.6 Å². The smallest absolute Gasteiger partial charge is 0.435 e. The molecule has 0 saturated carbocycles. The lowest BCUT2D eigenvalue weighted by atomic mass is 10.1. The first-order valence-electron chi connectivity index (χ1n) is 9.91. The molecule has 0 unspecified atom stereocenters. The topological polar surface area (TPSA) is 84.2 Å². The van der Waals surface area contributed by atoms with E-state index in [0.717, 1.165) is 28.9 Å². The van der Waals surface area contributed by atoms with E-state index in [2.05, 4.69) is 10.4 Å². The maximum absolute atomic E-state index is 13.6. The van der Waals surface area contributed by atoms with Crippen molar-refractivity contribution in [3.63, 3.8) is 0 Å². The second-order valence-corrected chi connectivity index (χ2v) is 7.71. The number of amides is 1. The van der Waals surface area contributed by atoms with Crippen molar-refractivity contribution in [3.8, 4) is 16.9 Å². The van der Waals surface area contributed by atoms with E-state index in [0.29, 0.717) is 5.56 Å². The number of nitrogens with zero attached hydrogens (tertiary/aromatic N) is 2. The maximum Gasteiger partial charge on any atom is 0.435 e. The lowest BCUT2D eigenvalue weighted by Gasteiger charge is -2.11. The maximum atomic E-state index is 13.6. The van der Waals surface area contributed by atoms with Crippen LogP contribution in [0.25, 0.3) is 16.9 Å². The molecule has 0 fully saturated rings. The molecule has 0 spiro atoms. The minimum Gasteiger partial charge on any atom is -0.478 e. The number of hydrogen-bond acceptors (Lipinski definition) is 3. The molecule has 4 rings (SSSR count). The third-order valence-corrected chi connectivity index (χ3v) is 5.30. The van der Waals surface area contributed by atoms with E-state index in [-0.39, 0.29) is 33.2 Å². The van der Waals surface area contributed by atoms with Crippen molar-refractivity contribution >= 4 is 29.2 Å². The van der Waals surface area contributed by atoms with Crippen molar-refractivity contribution in [1.29, 1.82) is 0 Å². The Labute approximate surface area is 200 Å². The number of nitrogens with one attached hydrogen (secondary N) is 1. The Hall–Kier alpha value is -4.18. The molecule has 6 nitrogen and oxygen atoms in total. The molecule has 0 aliphatic carbocycles. The van der Waals surface area contributed by atoms with Gasteiger partial charge >= 0.3 is 12.1 Å². The van der Waals surface area contributed by atoms with Crippen LogP contribution in [0.4, 0.5) is 23.2 Å². The van der Waals surface area contributed by atoms with Crippen molar-refractivity contribution < 1.29 is 32.3 Å². The predicted molar refractivity (Wildman–Crippen MR) is 120 cm³/mol.